The Labute approximate surface area is 141 Å². The van der Waals surface area contributed by atoms with Gasteiger partial charge in [0.1, 0.15) is 5.69 Å². The lowest BCUT2D eigenvalue weighted by Gasteiger charge is -2.14. The van der Waals surface area contributed by atoms with Gasteiger partial charge in [-0.3, -0.25) is 4.79 Å². The molecule has 2 rings (SSSR count). The number of nitrogens with one attached hydrogen (secondary N) is 1. The molecule has 0 spiro atoms. The third-order valence-electron chi connectivity index (χ3n) is 3.37. The van der Waals surface area contributed by atoms with Crippen molar-refractivity contribution >= 4 is 29.8 Å². The summed E-state index contributed by atoms with van der Waals surface area (Å²) in [7, 11) is 0. The van der Waals surface area contributed by atoms with Crippen LogP contribution in [0.15, 0.2) is 30.3 Å². The van der Waals surface area contributed by atoms with Crippen molar-refractivity contribution in [2.45, 2.75) is 32.7 Å². The lowest BCUT2D eigenvalue weighted by Crippen LogP contribution is -2.32. The van der Waals surface area contributed by atoms with Crippen LogP contribution in [0.2, 0.25) is 0 Å². The van der Waals surface area contributed by atoms with E-state index in [1.165, 1.54) is 17.1 Å². The van der Waals surface area contributed by atoms with Crippen molar-refractivity contribution in [1.82, 2.24) is 9.69 Å². The molecule has 2 aromatic rings. The number of carbonyl (C=O) groups excluding carboxylic acids is 1. The number of amides is 1. The number of aryl methyl sites for hydroxylation is 1. The summed E-state index contributed by atoms with van der Waals surface area (Å²) in [5, 5.41) is 2.83. The van der Waals surface area contributed by atoms with E-state index in [0.29, 0.717) is 18.2 Å². The van der Waals surface area contributed by atoms with Gasteiger partial charge in [-0.1, -0.05) is 38.1 Å². The lowest BCUT2D eigenvalue weighted by molar-refractivity contribution is 0.0947. The Morgan fingerprint density at radius 1 is 1.27 bits per heavy atom. The Balaban J connectivity index is 0.00000242. The maximum Gasteiger partial charge on any atom is 0.271 e. The fourth-order valence-corrected chi connectivity index (χ4v) is 2.55. The first-order valence-electron chi connectivity index (χ1n) is 7.04. The van der Waals surface area contributed by atoms with E-state index in [9.17, 15) is 4.79 Å². The highest BCUT2D eigenvalue weighted by atomic mass is 35.5. The van der Waals surface area contributed by atoms with Gasteiger partial charge in [0, 0.05) is 17.5 Å². The van der Waals surface area contributed by atoms with E-state index in [4.69, 9.17) is 5.73 Å². The summed E-state index contributed by atoms with van der Waals surface area (Å²) in [6, 6.07) is 9.80. The van der Waals surface area contributed by atoms with Gasteiger partial charge in [0.05, 0.1) is 0 Å². The van der Waals surface area contributed by atoms with Gasteiger partial charge in [0.2, 0.25) is 0 Å². The van der Waals surface area contributed by atoms with Crippen LogP contribution in [0, 0.1) is 6.92 Å². The number of nitrogens with zero attached hydrogens (tertiary/aromatic N) is 1. The van der Waals surface area contributed by atoms with Crippen molar-refractivity contribution in [3.8, 4) is 0 Å². The van der Waals surface area contributed by atoms with Gasteiger partial charge in [-0.15, -0.1) is 12.4 Å². The summed E-state index contributed by atoms with van der Waals surface area (Å²) in [4.78, 5) is 12.9. The molecule has 120 valence electrons. The molecule has 0 saturated carbocycles. The molecular weight excluding hydrogens is 318 g/mol. The maximum atomic E-state index is 11.9. The Hall–Kier alpha value is -1.43. The van der Waals surface area contributed by atoms with E-state index in [2.05, 4.69) is 35.7 Å². The fraction of sp³-hybridized carbons (Fsp3) is 0.375. The molecule has 1 amide bonds. The van der Waals surface area contributed by atoms with Crippen molar-refractivity contribution in [2.75, 3.05) is 6.54 Å². The van der Waals surface area contributed by atoms with E-state index in [1.54, 1.807) is 6.07 Å². The molecule has 0 saturated heterocycles. The molecule has 0 aliphatic rings. The summed E-state index contributed by atoms with van der Waals surface area (Å²) in [6.07, 6.45) is 0. The maximum absolute atomic E-state index is 11.9. The highest BCUT2D eigenvalue weighted by Gasteiger charge is 2.12. The SMILES string of the molecule is Cc1cc(C(=O)NCC(N)c2ccc(C(C)C)cc2)ns1.Cl. The van der Waals surface area contributed by atoms with Gasteiger partial charge in [0.15, 0.2) is 0 Å². The Morgan fingerprint density at radius 2 is 1.86 bits per heavy atom. The van der Waals surface area contributed by atoms with Crippen LogP contribution < -0.4 is 11.1 Å². The number of carbonyl (C=O) groups is 1. The number of rotatable bonds is 5. The van der Waals surface area contributed by atoms with Gasteiger partial charge in [-0.25, -0.2) is 0 Å². The predicted molar refractivity (Wildman–Crippen MR) is 93.9 cm³/mol. The van der Waals surface area contributed by atoms with Crippen molar-refractivity contribution in [3.63, 3.8) is 0 Å². The standard InChI is InChI=1S/C16H21N3OS.ClH/c1-10(2)12-4-6-13(7-5-12)14(17)9-18-16(20)15-8-11(3)21-19-15;/h4-8,10,14H,9,17H2,1-3H3,(H,18,20);1H. The molecular formula is C16H22ClN3OS. The molecule has 1 aromatic carbocycles. The largest absolute Gasteiger partial charge is 0.349 e. The van der Waals surface area contributed by atoms with Gasteiger partial charge in [0.25, 0.3) is 5.91 Å². The zero-order chi connectivity index (χ0) is 15.4. The number of halogens is 1. The fourth-order valence-electron chi connectivity index (χ4n) is 2.01. The first-order chi connectivity index (χ1) is 9.97. The Morgan fingerprint density at radius 3 is 2.36 bits per heavy atom. The third-order valence-corrected chi connectivity index (χ3v) is 4.07. The van der Waals surface area contributed by atoms with E-state index >= 15 is 0 Å². The first-order valence-corrected chi connectivity index (χ1v) is 7.81. The monoisotopic (exact) mass is 339 g/mol. The minimum Gasteiger partial charge on any atom is -0.349 e. The quantitative estimate of drug-likeness (QED) is 0.877. The second-order valence-electron chi connectivity index (χ2n) is 5.46. The van der Waals surface area contributed by atoms with Gasteiger partial charge >= 0.3 is 0 Å². The summed E-state index contributed by atoms with van der Waals surface area (Å²) < 4.78 is 4.09. The summed E-state index contributed by atoms with van der Waals surface area (Å²) >= 11 is 1.33. The molecule has 0 bridgehead atoms. The van der Waals surface area contributed by atoms with Crippen LogP contribution in [0.5, 0.6) is 0 Å². The number of hydrogen-bond donors (Lipinski definition) is 2. The van der Waals surface area contributed by atoms with Crippen LogP contribution in [-0.2, 0) is 0 Å². The molecule has 1 atom stereocenters. The van der Waals surface area contributed by atoms with Crippen LogP contribution in [0.1, 0.15) is 52.3 Å². The zero-order valence-corrected chi connectivity index (χ0v) is 14.6. The second kappa shape index (κ2) is 8.27. The Bertz CT molecular complexity index is 610. The second-order valence-corrected chi connectivity index (χ2v) is 6.47. The van der Waals surface area contributed by atoms with Crippen LogP contribution in [-0.4, -0.2) is 16.8 Å². The molecule has 1 heterocycles. The topological polar surface area (TPSA) is 68.0 Å². The normalized spacial score (nSPS) is 11.9. The third kappa shape index (κ3) is 4.80. The van der Waals surface area contributed by atoms with Crippen molar-refractivity contribution < 1.29 is 4.79 Å². The van der Waals surface area contributed by atoms with Crippen LogP contribution in [0.3, 0.4) is 0 Å². The molecule has 22 heavy (non-hydrogen) atoms. The molecule has 1 aromatic heterocycles. The van der Waals surface area contributed by atoms with Crippen LogP contribution in [0.25, 0.3) is 0 Å². The zero-order valence-electron chi connectivity index (χ0n) is 13.0. The van der Waals surface area contributed by atoms with Crippen molar-refractivity contribution in [2.24, 2.45) is 5.73 Å². The van der Waals surface area contributed by atoms with Gasteiger partial charge in [-0.2, -0.15) is 4.37 Å². The van der Waals surface area contributed by atoms with E-state index < -0.39 is 0 Å². The van der Waals surface area contributed by atoms with E-state index in [-0.39, 0.29) is 24.4 Å². The molecule has 0 aliphatic heterocycles. The summed E-state index contributed by atoms with van der Waals surface area (Å²) in [6.45, 7) is 6.64. The smallest absolute Gasteiger partial charge is 0.271 e. The molecule has 3 N–H and O–H groups in total. The van der Waals surface area contributed by atoms with Crippen molar-refractivity contribution in [1.29, 1.82) is 0 Å². The average Bonchev–Trinajstić information content (AvgIpc) is 2.91. The number of hydrogen-bond acceptors (Lipinski definition) is 4. The highest BCUT2D eigenvalue weighted by Crippen LogP contribution is 2.17. The number of aromatic nitrogens is 1. The first kappa shape index (κ1) is 18.6. The molecule has 6 heteroatoms. The average molecular weight is 340 g/mol. The predicted octanol–water partition coefficient (Wildman–Crippen LogP) is 3.43. The van der Waals surface area contributed by atoms with Gasteiger partial charge < -0.3 is 11.1 Å². The van der Waals surface area contributed by atoms with Gasteiger partial charge in [-0.05, 0) is 41.6 Å². The highest BCUT2D eigenvalue weighted by molar-refractivity contribution is 7.05. The summed E-state index contributed by atoms with van der Waals surface area (Å²) in [5.74, 6) is 0.330. The lowest BCUT2D eigenvalue weighted by atomic mass is 9.99. The minimum absolute atomic E-state index is 0. The Kier molecular flexibility index (Phi) is 7.00. The molecule has 0 fully saturated rings. The molecule has 4 nitrogen and oxygen atoms in total. The van der Waals surface area contributed by atoms with E-state index in [1.807, 2.05) is 19.1 Å². The molecule has 1 unspecified atom stereocenters. The summed E-state index contributed by atoms with van der Waals surface area (Å²) in [5.41, 5.74) is 8.89. The number of benzene rings is 1. The minimum atomic E-state index is -0.213. The van der Waals surface area contributed by atoms with Crippen molar-refractivity contribution in [3.05, 3.63) is 52.0 Å². The molecule has 0 aliphatic carbocycles. The van der Waals surface area contributed by atoms with E-state index in [0.717, 1.165) is 10.4 Å². The number of nitrogens with two attached hydrogens (primary N) is 1. The molecule has 0 radical (unpaired) electrons. The van der Waals surface area contributed by atoms with Crippen LogP contribution >= 0.6 is 23.9 Å². The van der Waals surface area contributed by atoms with Crippen LogP contribution in [0.4, 0.5) is 0 Å².